The van der Waals surface area contributed by atoms with Crippen LogP contribution < -0.4 is 5.32 Å². The monoisotopic (exact) mass is 281 g/mol. The second-order valence-corrected chi connectivity index (χ2v) is 6.69. The summed E-state index contributed by atoms with van der Waals surface area (Å²) in [6, 6.07) is 0.858. The Morgan fingerprint density at radius 3 is 2.20 bits per heavy atom. The van der Waals surface area contributed by atoms with E-state index < -0.39 is 0 Å². The van der Waals surface area contributed by atoms with Crippen LogP contribution in [0, 0.1) is 0 Å². The molecule has 0 atom stereocenters. The minimum Gasteiger partial charge on any atom is -0.306 e. The Balaban J connectivity index is 1.34. The Kier molecular flexibility index (Phi) is 5.29. The van der Waals surface area contributed by atoms with Crippen LogP contribution in [0.25, 0.3) is 0 Å². The Labute approximate surface area is 123 Å². The highest BCUT2D eigenvalue weighted by Gasteiger charge is 2.26. The normalized spacial score (nSPS) is 29.2. The van der Waals surface area contributed by atoms with Gasteiger partial charge in [-0.1, -0.05) is 0 Å². The number of likely N-dealkylation sites (tertiary alicyclic amines) is 1. The van der Waals surface area contributed by atoms with E-state index in [2.05, 4.69) is 32.0 Å². The van der Waals surface area contributed by atoms with Gasteiger partial charge in [-0.25, -0.2) is 0 Å². The van der Waals surface area contributed by atoms with Gasteiger partial charge in [0.2, 0.25) is 0 Å². The van der Waals surface area contributed by atoms with Gasteiger partial charge in [0.05, 0.1) is 0 Å². The number of piperazine rings is 1. The summed E-state index contributed by atoms with van der Waals surface area (Å²) in [5.41, 5.74) is 0. The van der Waals surface area contributed by atoms with E-state index >= 15 is 0 Å². The molecule has 0 amide bonds. The van der Waals surface area contributed by atoms with E-state index in [1.807, 2.05) is 0 Å². The zero-order valence-corrected chi connectivity index (χ0v) is 13.1. The molecule has 0 radical (unpaired) electrons. The first-order valence-corrected chi connectivity index (χ1v) is 8.39. The zero-order valence-electron chi connectivity index (χ0n) is 13.1. The fourth-order valence-corrected chi connectivity index (χ4v) is 3.74. The molecule has 1 N–H and O–H groups in total. The van der Waals surface area contributed by atoms with Crippen molar-refractivity contribution in [3.05, 3.63) is 0 Å². The van der Waals surface area contributed by atoms with Crippen molar-refractivity contribution in [2.24, 2.45) is 0 Å². The predicted octanol–water partition coefficient (Wildman–Crippen LogP) is -0.439. The molecule has 0 aromatic rings. The number of piperidine rings is 1. The van der Waals surface area contributed by atoms with Gasteiger partial charge in [0.25, 0.3) is 0 Å². The summed E-state index contributed by atoms with van der Waals surface area (Å²) in [5, 5.41) is 3.41. The molecule has 20 heavy (non-hydrogen) atoms. The van der Waals surface area contributed by atoms with Crippen molar-refractivity contribution in [3.8, 4) is 0 Å². The van der Waals surface area contributed by atoms with Gasteiger partial charge in [-0.2, -0.15) is 0 Å². The molecule has 0 bridgehead atoms. The lowest BCUT2D eigenvalue weighted by molar-refractivity contribution is 0.0613. The highest BCUT2D eigenvalue weighted by Crippen LogP contribution is 2.17. The van der Waals surface area contributed by atoms with Crippen LogP contribution in [0.3, 0.4) is 0 Å². The van der Waals surface area contributed by atoms with E-state index in [1.54, 1.807) is 0 Å². The van der Waals surface area contributed by atoms with Gasteiger partial charge in [0.1, 0.15) is 0 Å². The van der Waals surface area contributed by atoms with Crippen LogP contribution in [0.5, 0.6) is 0 Å². The first kappa shape index (κ1) is 14.7. The largest absolute Gasteiger partial charge is 0.306 e. The molecule has 0 aromatic carbocycles. The third kappa shape index (κ3) is 3.92. The second-order valence-electron chi connectivity index (χ2n) is 6.69. The maximum Gasteiger partial charge on any atom is 0.0481 e. The van der Waals surface area contributed by atoms with E-state index in [0.29, 0.717) is 0 Å². The maximum atomic E-state index is 3.41. The molecule has 3 heterocycles. The predicted molar refractivity (Wildman–Crippen MR) is 83.0 cm³/mol. The first-order valence-electron chi connectivity index (χ1n) is 8.39. The molecule has 5 heteroatoms. The summed E-state index contributed by atoms with van der Waals surface area (Å²) in [5.74, 6) is 0. The number of nitrogens with zero attached hydrogens (tertiary/aromatic N) is 4. The topological polar surface area (TPSA) is 25.0 Å². The minimum absolute atomic E-state index is 0.858. The molecule has 5 nitrogen and oxygen atoms in total. The lowest BCUT2D eigenvalue weighted by atomic mass is 10.0. The SMILES string of the molecule is CN1CCC(N2CCN(CCN3CCNC3)CC2)CC1. The fraction of sp³-hybridized carbons (Fsp3) is 1.00. The van der Waals surface area contributed by atoms with Gasteiger partial charge in [-0.05, 0) is 33.0 Å². The molecular weight excluding hydrogens is 250 g/mol. The highest BCUT2D eigenvalue weighted by molar-refractivity contribution is 4.83. The number of hydrogen-bond acceptors (Lipinski definition) is 5. The van der Waals surface area contributed by atoms with Gasteiger partial charge in [0.15, 0.2) is 0 Å². The Morgan fingerprint density at radius 2 is 1.55 bits per heavy atom. The summed E-state index contributed by atoms with van der Waals surface area (Å²) in [6.45, 7) is 13.7. The van der Waals surface area contributed by atoms with Crippen molar-refractivity contribution in [3.63, 3.8) is 0 Å². The van der Waals surface area contributed by atoms with Crippen LogP contribution >= 0.6 is 0 Å². The summed E-state index contributed by atoms with van der Waals surface area (Å²) >= 11 is 0. The minimum atomic E-state index is 0.858. The van der Waals surface area contributed by atoms with Crippen LogP contribution in [0.2, 0.25) is 0 Å². The van der Waals surface area contributed by atoms with Crippen molar-refractivity contribution >= 4 is 0 Å². The molecule has 0 saturated carbocycles. The average molecular weight is 281 g/mol. The number of rotatable bonds is 4. The lowest BCUT2D eigenvalue weighted by Crippen LogP contribution is -2.53. The van der Waals surface area contributed by atoms with Crippen molar-refractivity contribution in [1.82, 2.24) is 24.9 Å². The molecule has 3 rings (SSSR count). The van der Waals surface area contributed by atoms with Crippen LogP contribution in [0.15, 0.2) is 0 Å². The summed E-state index contributed by atoms with van der Waals surface area (Å²) in [7, 11) is 2.25. The second kappa shape index (κ2) is 7.18. The van der Waals surface area contributed by atoms with Crippen molar-refractivity contribution in [2.45, 2.75) is 18.9 Å². The summed E-state index contributed by atoms with van der Waals surface area (Å²) < 4.78 is 0. The van der Waals surface area contributed by atoms with E-state index in [1.165, 1.54) is 78.3 Å². The number of nitrogens with one attached hydrogen (secondary N) is 1. The highest BCUT2D eigenvalue weighted by atomic mass is 15.3. The summed E-state index contributed by atoms with van der Waals surface area (Å²) in [4.78, 5) is 10.4. The van der Waals surface area contributed by atoms with E-state index in [9.17, 15) is 0 Å². The molecule has 3 saturated heterocycles. The van der Waals surface area contributed by atoms with Gasteiger partial charge in [-0.3, -0.25) is 14.7 Å². The van der Waals surface area contributed by atoms with E-state index in [4.69, 9.17) is 0 Å². The molecule has 116 valence electrons. The van der Waals surface area contributed by atoms with Crippen molar-refractivity contribution < 1.29 is 0 Å². The maximum absolute atomic E-state index is 3.41. The molecule has 3 aliphatic heterocycles. The molecule has 3 aliphatic rings. The van der Waals surface area contributed by atoms with Gasteiger partial charge in [0, 0.05) is 65.1 Å². The third-order valence-corrected chi connectivity index (χ3v) is 5.28. The Hall–Kier alpha value is -0.200. The first-order chi connectivity index (χ1) is 9.81. The van der Waals surface area contributed by atoms with Crippen molar-refractivity contribution in [1.29, 1.82) is 0 Å². The summed E-state index contributed by atoms with van der Waals surface area (Å²) in [6.07, 6.45) is 2.74. The van der Waals surface area contributed by atoms with Gasteiger partial charge < -0.3 is 10.2 Å². The lowest BCUT2D eigenvalue weighted by Gasteiger charge is -2.42. The van der Waals surface area contributed by atoms with E-state index in [0.717, 1.165) is 12.7 Å². The molecule has 0 aromatic heterocycles. The molecule has 3 fully saturated rings. The van der Waals surface area contributed by atoms with Crippen LogP contribution in [0.4, 0.5) is 0 Å². The van der Waals surface area contributed by atoms with Gasteiger partial charge in [-0.15, -0.1) is 0 Å². The average Bonchev–Trinajstić information content (AvgIpc) is 3.00. The smallest absolute Gasteiger partial charge is 0.0481 e. The standard InChI is InChI=1S/C15H31N5/c1-17-5-2-15(3-6-17)20-12-10-18(11-13-20)8-9-19-7-4-16-14-19/h15-16H,2-14H2,1H3. The van der Waals surface area contributed by atoms with Crippen LogP contribution in [-0.4, -0.2) is 105 Å². The molecule has 0 aliphatic carbocycles. The molecule has 0 spiro atoms. The van der Waals surface area contributed by atoms with Gasteiger partial charge >= 0.3 is 0 Å². The van der Waals surface area contributed by atoms with E-state index in [-0.39, 0.29) is 0 Å². The fourth-order valence-electron chi connectivity index (χ4n) is 3.74. The third-order valence-electron chi connectivity index (χ3n) is 5.28. The quantitative estimate of drug-likeness (QED) is 0.753. The zero-order chi connectivity index (χ0) is 13.8. The van der Waals surface area contributed by atoms with Crippen molar-refractivity contribution in [2.75, 3.05) is 79.2 Å². The molecule has 0 unspecified atom stereocenters. The Bertz CT molecular complexity index is 276. The number of hydrogen-bond donors (Lipinski definition) is 1. The molecular formula is C15H31N5. The van der Waals surface area contributed by atoms with Crippen LogP contribution in [-0.2, 0) is 0 Å². The Morgan fingerprint density at radius 1 is 0.850 bits per heavy atom. The van der Waals surface area contributed by atoms with Crippen LogP contribution in [0.1, 0.15) is 12.8 Å².